The van der Waals surface area contributed by atoms with Crippen LogP contribution in [0.3, 0.4) is 0 Å². The average Bonchev–Trinajstić information content (AvgIpc) is 2.34. The molecule has 0 amide bonds. The summed E-state index contributed by atoms with van der Waals surface area (Å²) in [6.07, 6.45) is 1.13. The molecule has 1 rings (SSSR count). The molecule has 0 saturated carbocycles. The molecular formula is C14H22O2S. The minimum absolute atomic E-state index is 0.114. The van der Waals surface area contributed by atoms with E-state index >= 15 is 0 Å². The smallest absolute Gasteiger partial charge is 0.0681 e. The van der Waals surface area contributed by atoms with Crippen molar-refractivity contribution in [3.63, 3.8) is 0 Å². The summed E-state index contributed by atoms with van der Waals surface area (Å²) in [6.45, 7) is 6.20. The van der Waals surface area contributed by atoms with E-state index in [1.165, 1.54) is 4.90 Å². The second-order valence-corrected chi connectivity index (χ2v) is 5.61. The number of rotatable bonds is 8. The summed E-state index contributed by atoms with van der Waals surface area (Å²) in [6, 6.07) is 8.01. The number of hydrogen-bond acceptors (Lipinski definition) is 3. The number of thioether (sulfide) groups is 1. The first-order valence-electron chi connectivity index (χ1n) is 6.12. The Morgan fingerprint density at radius 1 is 1.18 bits per heavy atom. The number of benzene rings is 1. The molecule has 0 atom stereocenters. The standard InChI is InChI=1S/C14H22O2S/c1-12(2)7-8-16-9-10-17-14-5-3-13(11-15)4-6-14/h3-6,12,15H,7-11H2,1-2H3. The van der Waals surface area contributed by atoms with Gasteiger partial charge in [0.1, 0.15) is 0 Å². The van der Waals surface area contributed by atoms with Crippen LogP contribution in [-0.4, -0.2) is 24.1 Å². The van der Waals surface area contributed by atoms with Crippen LogP contribution in [0.1, 0.15) is 25.8 Å². The Bertz CT molecular complexity index is 296. The molecule has 0 aliphatic carbocycles. The number of aliphatic hydroxyl groups is 1. The van der Waals surface area contributed by atoms with Gasteiger partial charge in [-0.2, -0.15) is 0 Å². The molecular weight excluding hydrogens is 232 g/mol. The molecule has 3 heteroatoms. The van der Waals surface area contributed by atoms with Crippen LogP contribution in [0.4, 0.5) is 0 Å². The van der Waals surface area contributed by atoms with Gasteiger partial charge < -0.3 is 9.84 Å². The van der Waals surface area contributed by atoms with Gasteiger partial charge in [-0.3, -0.25) is 0 Å². The van der Waals surface area contributed by atoms with E-state index in [1.54, 1.807) is 11.8 Å². The first-order chi connectivity index (χ1) is 8.22. The summed E-state index contributed by atoms with van der Waals surface area (Å²) in [5.74, 6) is 1.70. The molecule has 0 aliphatic rings. The molecule has 96 valence electrons. The van der Waals surface area contributed by atoms with Crippen LogP contribution < -0.4 is 0 Å². The third-order valence-electron chi connectivity index (χ3n) is 2.44. The van der Waals surface area contributed by atoms with E-state index in [-0.39, 0.29) is 6.61 Å². The molecule has 0 aliphatic heterocycles. The van der Waals surface area contributed by atoms with Gasteiger partial charge in [0.25, 0.3) is 0 Å². The fourth-order valence-electron chi connectivity index (χ4n) is 1.33. The first kappa shape index (κ1) is 14.6. The Hall–Kier alpha value is -0.510. The largest absolute Gasteiger partial charge is 0.392 e. The zero-order valence-corrected chi connectivity index (χ0v) is 11.5. The van der Waals surface area contributed by atoms with Crippen LogP contribution in [-0.2, 0) is 11.3 Å². The van der Waals surface area contributed by atoms with Crippen molar-refractivity contribution < 1.29 is 9.84 Å². The highest BCUT2D eigenvalue weighted by atomic mass is 32.2. The van der Waals surface area contributed by atoms with Crippen molar-refractivity contribution in [2.75, 3.05) is 19.0 Å². The zero-order valence-electron chi connectivity index (χ0n) is 10.7. The maximum atomic E-state index is 8.92. The van der Waals surface area contributed by atoms with Crippen LogP contribution in [0.2, 0.25) is 0 Å². The summed E-state index contributed by atoms with van der Waals surface area (Å²) in [5, 5.41) is 8.92. The lowest BCUT2D eigenvalue weighted by atomic mass is 10.1. The van der Waals surface area contributed by atoms with Crippen molar-refractivity contribution >= 4 is 11.8 Å². The lowest BCUT2D eigenvalue weighted by molar-refractivity contribution is 0.138. The van der Waals surface area contributed by atoms with Crippen molar-refractivity contribution in [2.45, 2.75) is 31.8 Å². The van der Waals surface area contributed by atoms with Crippen molar-refractivity contribution in [1.82, 2.24) is 0 Å². The first-order valence-corrected chi connectivity index (χ1v) is 7.11. The van der Waals surface area contributed by atoms with Crippen LogP contribution in [0.15, 0.2) is 29.2 Å². The number of hydrogen-bond donors (Lipinski definition) is 1. The molecule has 0 bridgehead atoms. The molecule has 17 heavy (non-hydrogen) atoms. The van der Waals surface area contributed by atoms with Crippen molar-refractivity contribution in [1.29, 1.82) is 0 Å². The van der Waals surface area contributed by atoms with Gasteiger partial charge in [-0.1, -0.05) is 26.0 Å². The zero-order chi connectivity index (χ0) is 12.5. The summed E-state index contributed by atoms with van der Waals surface area (Å²) in [4.78, 5) is 1.23. The van der Waals surface area contributed by atoms with Crippen molar-refractivity contribution in [2.24, 2.45) is 5.92 Å². The van der Waals surface area contributed by atoms with E-state index in [9.17, 15) is 0 Å². The fraction of sp³-hybridized carbons (Fsp3) is 0.571. The van der Waals surface area contributed by atoms with E-state index in [0.717, 1.165) is 31.0 Å². The molecule has 0 saturated heterocycles. The van der Waals surface area contributed by atoms with Gasteiger partial charge in [0, 0.05) is 17.3 Å². The van der Waals surface area contributed by atoms with Gasteiger partial charge in [-0.05, 0) is 30.0 Å². The third kappa shape index (κ3) is 6.71. The lowest BCUT2D eigenvalue weighted by Gasteiger charge is -2.06. The highest BCUT2D eigenvalue weighted by molar-refractivity contribution is 7.99. The van der Waals surface area contributed by atoms with Gasteiger partial charge in [0.05, 0.1) is 13.2 Å². The summed E-state index contributed by atoms with van der Waals surface area (Å²) < 4.78 is 5.55. The van der Waals surface area contributed by atoms with E-state index in [1.807, 2.05) is 24.3 Å². The van der Waals surface area contributed by atoms with Gasteiger partial charge in [-0.25, -0.2) is 0 Å². The topological polar surface area (TPSA) is 29.5 Å². The maximum absolute atomic E-state index is 8.92. The average molecular weight is 254 g/mol. The SMILES string of the molecule is CC(C)CCOCCSc1ccc(CO)cc1. The Labute approximate surface area is 108 Å². The number of ether oxygens (including phenoxy) is 1. The molecule has 0 fully saturated rings. The second-order valence-electron chi connectivity index (χ2n) is 4.45. The highest BCUT2D eigenvalue weighted by Crippen LogP contribution is 2.18. The van der Waals surface area contributed by atoms with Crippen LogP contribution in [0, 0.1) is 5.92 Å². The Kier molecular flexibility index (Phi) is 7.33. The van der Waals surface area contributed by atoms with E-state index in [4.69, 9.17) is 9.84 Å². The van der Waals surface area contributed by atoms with Gasteiger partial charge in [0.2, 0.25) is 0 Å². The molecule has 0 radical (unpaired) electrons. The molecule has 1 aromatic carbocycles. The Morgan fingerprint density at radius 2 is 1.88 bits per heavy atom. The van der Waals surface area contributed by atoms with Gasteiger partial charge in [0.15, 0.2) is 0 Å². The van der Waals surface area contributed by atoms with Crippen molar-refractivity contribution in [3.05, 3.63) is 29.8 Å². The molecule has 0 unspecified atom stereocenters. The summed E-state index contributed by atoms with van der Waals surface area (Å²) in [5.41, 5.74) is 0.961. The predicted molar refractivity (Wildman–Crippen MR) is 73.4 cm³/mol. The second kappa shape index (κ2) is 8.56. The quantitative estimate of drug-likeness (QED) is 0.570. The Morgan fingerprint density at radius 3 is 2.47 bits per heavy atom. The summed E-state index contributed by atoms with van der Waals surface area (Å²) >= 11 is 1.79. The minimum atomic E-state index is 0.114. The monoisotopic (exact) mass is 254 g/mol. The third-order valence-corrected chi connectivity index (χ3v) is 3.42. The molecule has 1 aromatic rings. The van der Waals surface area contributed by atoms with Crippen LogP contribution >= 0.6 is 11.8 Å². The van der Waals surface area contributed by atoms with E-state index < -0.39 is 0 Å². The van der Waals surface area contributed by atoms with Gasteiger partial charge in [-0.15, -0.1) is 11.8 Å². The van der Waals surface area contributed by atoms with Crippen LogP contribution in [0.5, 0.6) is 0 Å². The molecule has 0 heterocycles. The molecule has 1 N–H and O–H groups in total. The van der Waals surface area contributed by atoms with E-state index in [2.05, 4.69) is 13.8 Å². The highest BCUT2D eigenvalue weighted by Gasteiger charge is 1.96. The fourth-order valence-corrected chi connectivity index (χ4v) is 2.10. The molecule has 2 nitrogen and oxygen atoms in total. The lowest BCUT2D eigenvalue weighted by Crippen LogP contribution is -2.02. The Balaban J connectivity index is 2.09. The maximum Gasteiger partial charge on any atom is 0.0681 e. The van der Waals surface area contributed by atoms with Crippen molar-refractivity contribution in [3.8, 4) is 0 Å². The normalized spacial score (nSPS) is 11.1. The molecule has 0 aromatic heterocycles. The molecule has 0 spiro atoms. The van der Waals surface area contributed by atoms with Gasteiger partial charge >= 0.3 is 0 Å². The minimum Gasteiger partial charge on any atom is -0.392 e. The number of aliphatic hydroxyl groups excluding tert-OH is 1. The van der Waals surface area contributed by atoms with Crippen LogP contribution in [0.25, 0.3) is 0 Å². The van der Waals surface area contributed by atoms with E-state index in [0.29, 0.717) is 5.92 Å². The summed E-state index contributed by atoms with van der Waals surface area (Å²) in [7, 11) is 0. The predicted octanol–water partition coefficient (Wildman–Crippen LogP) is 3.33.